The third-order valence-electron chi connectivity index (χ3n) is 5.41. The molecule has 5 aromatic rings. The zero-order chi connectivity index (χ0) is 24.0. The van der Waals surface area contributed by atoms with Gasteiger partial charge in [-0.3, -0.25) is 9.69 Å². The number of aromatic nitrogens is 2. The van der Waals surface area contributed by atoms with Crippen LogP contribution in [0.5, 0.6) is 5.75 Å². The molecule has 0 saturated carbocycles. The van der Waals surface area contributed by atoms with Crippen molar-refractivity contribution in [3.63, 3.8) is 0 Å². The summed E-state index contributed by atoms with van der Waals surface area (Å²) in [7, 11) is 0. The Morgan fingerprint density at radius 1 is 0.857 bits per heavy atom. The molecule has 0 aliphatic heterocycles. The predicted octanol–water partition coefficient (Wildman–Crippen LogP) is 6.65. The number of hydrogen-bond acceptors (Lipinski definition) is 6. The Kier molecular flexibility index (Phi) is 6.77. The predicted molar refractivity (Wildman–Crippen MR) is 138 cm³/mol. The van der Waals surface area contributed by atoms with Crippen molar-refractivity contribution in [3.8, 4) is 5.75 Å². The van der Waals surface area contributed by atoms with Crippen LogP contribution in [0.4, 0.5) is 11.4 Å². The molecular weight excluding hydrogens is 458 g/mol. The number of ether oxygens (including phenoxy) is 1. The van der Waals surface area contributed by atoms with Crippen LogP contribution in [0.15, 0.2) is 113 Å². The van der Waals surface area contributed by atoms with Crippen molar-refractivity contribution >= 4 is 39.8 Å². The normalized spacial score (nSPS) is 11.8. The Bertz CT molecular complexity index is 1380. The number of benzene rings is 4. The number of thioether (sulfide) groups is 1. The topological polar surface area (TPSA) is 68.5 Å². The van der Waals surface area contributed by atoms with Gasteiger partial charge in [0.1, 0.15) is 5.75 Å². The molecule has 0 fully saturated rings. The highest BCUT2D eigenvalue weighted by atomic mass is 32.2. The maximum Gasteiger partial charge on any atom is 0.277 e. The third-order valence-corrected chi connectivity index (χ3v) is 6.33. The van der Waals surface area contributed by atoms with Crippen LogP contribution in [0.2, 0.25) is 0 Å². The summed E-state index contributed by atoms with van der Waals surface area (Å²) in [6.45, 7) is 1.98. The molecule has 174 valence electrons. The van der Waals surface area contributed by atoms with E-state index in [0.29, 0.717) is 11.1 Å². The van der Waals surface area contributed by atoms with Crippen LogP contribution >= 0.6 is 11.8 Å². The van der Waals surface area contributed by atoms with Crippen molar-refractivity contribution in [2.45, 2.75) is 24.0 Å². The van der Waals surface area contributed by atoms with E-state index in [-0.39, 0.29) is 12.5 Å². The molecule has 6 nitrogen and oxygen atoms in total. The quantitative estimate of drug-likeness (QED) is 0.231. The Balaban J connectivity index is 1.26. The van der Waals surface area contributed by atoms with Gasteiger partial charge >= 0.3 is 0 Å². The summed E-state index contributed by atoms with van der Waals surface area (Å²) >= 11 is 1.23. The number of carbonyl (C=O) groups excluding carboxylic acids is 1. The van der Waals surface area contributed by atoms with E-state index in [1.165, 1.54) is 11.8 Å². The Labute approximate surface area is 207 Å². The number of carbonyl (C=O) groups is 1. The smallest absolute Gasteiger partial charge is 0.277 e. The Morgan fingerprint density at radius 3 is 2.17 bits per heavy atom. The SMILES string of the molecule is CC(Sc1nnc(COc2ccc3ccccc3c2)o1)C(=O)N(c1ccccc1)c1ccccc1. The molecule has 0 saturated heterocycles. The summed E-state index contributed by atoms with van der Waals surface area (Å²) in [5.41, 5.74) is 1.59. The molecule has 1 atom stereocenters. The fourth-order valence-electron chi connectivity index (χ4n) is 3.69. The van der Waals surface area contributed by atoms with Gasteiger partial charge in [0.15, 0.2) is 6.61 Å². The van der Waals surface area contributed by atoms with Crippen LogP contribution in [-0.2, 0) is 11.4 Å². The van der Waals surface area contributed by atoms with E-state index in [1.807, 2.05) is 104 Å². The molecule has 0 aliphatic rings. The molecule has 35 heavy (non-hydrogen) atoms. The highest BCUT2D eigenvalue weighted by Gasteiger charge is 2.26. The first-order chi connectivity index (χ1) is 17.2. The summed E-state index contributed by atoms with van der Waals surface area (Å²) < 4.78 is 11.6. The van der Waals surface area contributed by atoms with Crippen LogP contribution in [0, 0.1) is 0 Å². The van der Waals surface area contributed by atoms with Crippen molar-refractivity contribution in [3.05, 3.63) is 109 Å². The summed E-state index contributed by atoms with van der Waals surface area (Å²) in [6.07, 6.45) is 0. The molecule has 1 aromatic heterocycles. The van der Waals surface area contributed by atoms with E-state index in [1.54, 1.807) is 4.90 Å². The van der Waals surface area contributed by atoms with E-state index < -0.39 is 5.25 Å². The summed E-state index contributed by atoms with van der Waals surface area (Å²) in [5.74, 6) is 0.990. The summed E-state index contributed by atoms with van der Waals surface area (Å²) in [5, 5.41) is 10.3. The van der Waals surface area contributed by atoms with Gasteiger partial charge in [-0.15, -0.1) is 10.2 Å². The second kappa shape index (κ2) is 10.4. The molecule has 0 radical (unpaired) electrons. The molecule has 0 N–H and O–H groups in total. The zero-order valence-electron chi connectivity index (χ0n) is 19.1. The highest BCUT2D eigenvalue weighted by Crippen LogP contribution is 2.31. The lowest BCUT2D eigenvalue weighted by Gasteiger charge is -2.25. The van der Waals surface area contributed by atoms with Crippen molar-refractivity contribution in [2.24, 2.45) is 0 Å². The van der Waals surface area contributed by atoms with E-state index in [9.17, 15) is 4.79 Å². The fraction of sp³-hybridized carbons (Fsp3) is 0.107. The average molecular weight is 482 g/mol. The van der Waals surface area contributed by atoms with Crippen LogP contribution < -0.4 is 9.64 Å². The maximum absolute atomic E-state index is 13.5. The lowest BCUT2D eigenvalue weighted by Crippen LogP contribution is -2.32. The molecule has 7 heteroatoms. The number of hydrogen-bond donors (Lipinski definition) is 0. The largest absolute Gasteiger partial charge is 0.484 e. The Morgan fingerprint density at radius 2 is 1.49 bits per heavy atom. The number of nitrogens with zero attached hydrogens (tertiary/aromatic N) is 3. The monoisotopic (exact) mass is 481 g/mol. The van der Waals surface area contributed by atoms with E-state index in [4.69, 9.17) is 9.15 Å². The van der Waals surface area contributed by atoms with Gasteiger partial charge in [-0.25, -0.2) is 0 Å². The lowest BCUT2D eigenvalue weighted by atomic mass is 10.1. The zero-order valence-corrected chi connectivity index (χ0v) is 19.9. The molecule has 4 aromatic carbocycles. The fourth-order valence-corrected chi connectivity index (χ4v) is 4.43. The minimum absolute atomic E-state index is 0.0837. The van der Waals surface area contributed by atoms with Crippen LogP contribution in [0.25, 0.3) is 10.8 Å². The van der Waals surface area contributed by atoms with Crippen LogP contribution in [0.3, 0.4) is 0 Å². The maximum atomic E-state index is 13.5. The van der Waals surface area contributed by atoms with Gasteiger partial charge < -0.3 is 9.15 Å². The molecule has 1 amide bonds. The van der Waals surface area contributed by atoms with Gasteiger partial charge in [-0.05, 0) is 54.1 Å². The van der Waals surface area contributed by atoms with Crippen molar-refractivity contribution in [1.29, 1.82) is 0 Å². The molecule has 1 unspecified atom stereocenters. The molecule has 0 bridgehead atoms. The first-order valence-electron chi connectivity index (χ1n) is 11.2. The van der Waals surface area contributed by atoms with Crippen molar-refractivity contribution < 1.29 is 13.9 Å². The number of amides is 1. The second-order valence-corrected chi connectivity index (χ2v) is 9.16. The van der Waals surface area contributed by atoms with Crippen molar-refractivity contribution in [1.82, 2.24) is 10.2 Å². The number of anilines is 2. The number of para-hydroxylation sites is 2. The molecular formula is C28H23N3O3S. The summed E-state index contributed by atoms with van der Waals surface area (Å²) in [4.78, 5) is 15.2. The molecule has 0 aliphatic carbocycles. The first-order valence-corrected chi connectivity index (χ1v) is 12.1. The lowest BCUT2D eigenvalue weighted by molar-refractivity contribution is -0.117. The standard InChI is InChI=1S/C28H23N3O3S/c1-20(27(32)31(23-12-4-2-5-13-23)24-14-6-3-7-15-24)35-28-30-29-26(34-28)19-33-25-17-16-21-10-8-9-11-22(21)18-25/h2-18,20H,19H2,1H3. The molecule has 5 rings (SSSR count). The van der Waals surface area contributed by atoms with E-state index >= 15 is 0 Å². The number of fused-ring (bicyclic) bond motifs is 1. The van der Waals surface area contributed by atoms with Gasteiger partial charge in [-0.1, -0.05) is 78.5 Å². The Hall–Kier alpha value is -4.10. The van der Waals surface area contributed by atoms with Crippen LogP contribution in [-0.4, -0.2) is 21.4 Å². The van der Waals surface area contributed by atoms with E-state index in [2.05, 4.69) is 16.3 Å². The average Bonchev–Trinajstić information content (AvgIpc) is 3.36. The van der Waals surface area contributed by atoms with Crippen molar-refractivity contribution in [2.75, 3.05) is 4.90 Å². The first kappa shape index (κ1) is 22.7. The van der Waals surface area contributed by atoms with Gasteiger partial charge in [0, 0.05) is 11.4 Å². The number of rotatable bonds is 8. The van der Waals surface area contributed by atoms with Crippen LogP contribution in [0.1, 0.15) is 12.8 Å². The second-order valence-electron chi connectivity index (χ2n) is 7.86. The highest BCUT2D eigenvalue weighted by molar-refractivity contribution is 8.00. The van der Waals surface area contributed by atoms with Gasteiger partial charge in [0.25, 0.3) is 11.1 Å². The van der Waals surface area contributed by atoms with E-state index in [0.717, 1.165) is 27.9 Å². The minimum Gasteiger partial charge on any atom is -0.484 e. The molecule has 1 heterocycles. The van der Waals surface area contributed by atoms with Gasteiger partial charge in [-0.2, -0.15) is 0 Å². The molecule has 0 spiro atoms. The minimum atomic E-state index is -0.454. The summed E-state index contributed by atoms with van der Waals surface area (Å²) in [6, 6.07) is 33.2. The van der Waals surface area contributed by atoms with Gasteiger partial charge in [0.05, 0.1) is 5.25 Å². The third kappa shape index (κ3) is 5.36. The van der Waals surface area contributed by atoms with Gasteiger partial charge in [0.2, 0.25) is 5.91 Å².